The Balaban J connectivity index is 1.30. The highest BCUT2D eigenvalue weighted by molar-refractivity contribution is 5.76. The molecule has 0 unspecified atom stereocenters. The molecule has 0 aliphatic carbocycles. The van der Waals surface area contributed by atoms with Gasteiger partial charge < -0.3 is 14.6 Å². The summed E-state index contributed by atoms with van der Waals surface area (Å²) in [5, 5.41) is 11.9. The fourth-order valence-electron chi connectivity index (χ4n) is 4.31. The molecule has 2 aromatic carbocycles. The number of amides is 1. The van der Waals surface area contributed by atoms with E-state index in [1.807, 2.05) is 55.5 Å². The SMILES string of the molecule is COc1ccccc1/C=C/CN1CCc2nnc([C@@H](C)NC(=O)CCc3ccccc3)n2CC1. The van der Waals surface area contributed by atoms with Gasteiger partial charge in [0, 0.05) is 44.6 Å². The summed E-state index contributed by atoms with van der Waals surface area (Å²) in [6, 6.07) is 17.9. The first-order chi connectivity index (χ1) is 16.6. The van der Waals surface area contributed by atoms with Gasteiger partial charge in [-0.15, -0.1) is 10.2 Å². The highest BCUT2D eigenvalue weighted by Gasteiger charge is 2.22. The lowest BCUT2D eigenvalue weighted by Crippen LogP contribution is -2.30. The summed E-state index contributed by atoms with van der Waals surface area (Å²) in [6.45, 7) is 5.48. The normalized spacial score (nSPS) is 15.0. The molecular weight excluding hydrogens is 426 g/mol. The van der Waals surface area contributed by atoms with Crippen LogP contribution in [0.25, 0.3) is 6.08 Å². The molecule has 1 aromatic heterocycles. The Labute approximate surface area is 201 Å². The number of ether oxygens (including phenoxy) is 1. The minimum Gasteiger partial charge on any atom is -0.496 e. The van der Waals surface area contributed by atoms with E-state index in [-0.39, 0.29) is 11.9 Å². The zero-order chi connectivity index (χ0) is 23.8. The number of aromatic nitrogens is 3. The first kappa shape index (κ1) is 23.7. The van der Waals surface area contributed by atoms with E-state index in [9.17, 15) is 4.79 Å². The molecule has 0 saturated carbocycles. The van der Waals surface area contributed by atoms with Gasteiger partial charge in [-0.3, -0.25) is 9.69 Å². The van der Waals surface area contributed by atoms with E-state index in [0.717, 1.165) is 62.0 Å². The second-order valence-corrected chi connectivity index (χ2v) is 8.60. The summed E-state index contributed by atoms with van der Waals surface area (Å²) in [7, 11) is 1.70. The molecule has 7 nitrogen and oxygen atoms in total. The van der Waals surface area contributed by atoms with Crippen LogP contribution in [-0.2, 0) is 24.2 Å². The minimum absolute atomic E-state index is 0.0328. The van der Waals surface area contributed by atoms with Crippen LogP contribution >= 0.6 is 0 Å². The average Bonchev–Trinajstić information content (AvgIpc) is 3.17. The Hall–Kier alpha value is -3.45. The first-order valence-corrected chi connectivity index (χ1v) is 11.9. The molecule has 0 saturated heterocycles. The smallest absolute Gasteiger partial charge is 0.220 e. The third-order valence-electron chi connectivity index (χ3n) is 6.20. The molecule has 3 aromatic rings. The van der Waals surface area contributed by atoms with E-state index < -0.39 is 0 Å². The summed E-state index contributed by atoms with van der Waals surface area (Å²) in [6.07, 6.45) is 6.32. The van der Waals surface area contributed by atoms with Crippen molar-refractivity contribution in [3.63, 3.8) is 0 Å². The molecule has 178 valence electrons. The number of aryl methyl sites for hydroxylation is 1. The Morgan fingerprint density at radius 3 is 2.71 bits per heavy atom. The van der Waals surface area contributed by atoms with Crippen LogP contribution in [0.1, 0.15) is 42.2 Å². The first-order valence-electron chi connectivity index (χ1n) is 11.9. The predicted octanol–water partition coefficient (Wildman–Crippen LogP) is 3.67. The van der Waals surface area contributed by atoms with Gasteiger partial charge in [0.25, 0.3) is 0 Å². The lowest BCUT2D eigenvalue weighted by molar-refractivity contribution is -0.121. The fourth-order valence-corrected chi connectivity index (χ4v) is 4.31. The number of hydrogen-bond acceptors (Lipinski definition) is 5. The van der Waals surface area contributed by atoms with E-state index >= 15 is 0 Å². The number of hydrogen-bond donors (Lipinski definition) is 1. The van der Waals surface area contributed by atoms with Crippen LogP contribution in [0, 0.1) is 0 Å². The highest BCUT2D eigenvalue weighted by Crippen LogP contribution is 2.19. The molecule has 4 rings (SSSR count). The Morgan fingerprint density at radius 1 is 1.09 bits per heavy atom. The number of rotatable bonds is 9. The van der Waals surface area contributed by atoms with E-state index in [1.54, 1.807) is 7.11 Å². The molecule has 0 bridgehead atoms. The van der Waals surface area contributed by atoms with Gasteiger partial charge in [0.05, 0.1) is 13.2 Å². The average molecular weight is 460 g/mol. The molecule has 34 heavy (non-hydrogen) atoms. The topological polar surface area (TPSA) is 72.3 Å². The van der Waals surface area contributed by atoms with Crippen molar-refractivity contribution in [3.05, 3.63) is 83.4 Å². The number of nitrogens with one attached hydrogen (secondary N) is 1. The molecule has 0 spiro atoms. The zero-order valence-electron chi connectivity index (χ0n) is 20.0. The molecule has 1 N–H and O–H groups in total. The van der Waals surface area contributed by atoms with Gasteiger partial charge in [-0.25, -0.2) is 0 Å². The maximum atomic E-state index is 12.5. The van der Waals surface area contributed by atoms with Gasteiger partial charge in [-0.05, 0) is 25.0 Å². The Kier molecular flexibility index (Phi) is 8.09. The number of carbonyl (C=O) groups is 1. The molecule has 7 heteroatoms. The van der Waals surface area contributed by atoms with Crippen molar-refractivity contribution in [1.82, 2.24) is 25.0 Å². The van der Waals surface area contributed by atoms with Gasteiger partial charge in [-0.2, -0.15) is 0 Å². The summed E-state index contributed by atoms with van der Waals surface area (Å²) < 4.78 is 7.60. The van der Waals surface area contributed by atoms with Crippen molar-refractivity contribution in [3.8, 4) is 5.75 Å². The van der Waals surface area contributed by atoms with Gasteiger partial charge in [0.1, 0.15) is 11.6 Å². The van der Waals surface area contributed by atoms with E-state index in [2.05, 4.69) is 43.2 Å². The van der Waals surface area contributed by atoms with Crippen LogP contribution in [0.15, 0.2) is 60.7 Å². The molecule has 1 amide bonds. The molecule has 0 fully saturated rings. The number of methoxy groups -OCH3 is 1. The fraction of sp³-hybridized carbons (Fsp3) is 0.370. The molecular formula is C27H33N5O2. The molecule has 2 heterocycles. The lowest BCUT2D eigenvalue weighted by Gasteiger charge is -2.18. The van der Waals surface area contributed by atoms with Crippen LogP contribution in [-0.4, -0.2) is 52.3 Å². The summed E-state index contributed by atoms with van der Waals surface area (Å²) >= 11 is 0. The summed E-state index contributed by atoms with van der Waals surface area (Å²) in [4.78, 5) is 14.9. The lowest BCUT2D eigenvalue weighted by atomic mass is 10.1. The van der Waals surface area contributed by atoms with Crippen LogP contribution < -0.4 is 10.1 Å². The van der Waals surface area contributed by atoms with Crippen LogP contribution in [0.3, 0.4) is 0 Å². The van der Waals surface area contributed by atoms with Gasteiger partial charge >= 0.3 is 0 Å². The molecule has 0 radical (unpaired) electrons. The van der Waals surface area contributed by atoms with Crippen molar-refractivity contribution < 1.29 is 9.53 Å². The Morgan fingerprint density at radius 2 is 1.88 bits per heavy atom. The summed E-state index contributed by atoms with van der Waals surface area (Å²) in [5.41, 5.74) is 2.25. The van der Waals surface area contributed by atoms with Crippen molar-refractivity contribution in [2.24, 2.45) is 0 Å². The number of benzene rings is 2. The van der Waals surface area contributed by atoms with Gasteiger partial charge in [0.2, 0.25) is 5.91 Å². The molecule has 1 aliphatic rings. The van der Waals surface area contributed by atoms with Crippen molar-refractivity contribution in [1.29, 1.82) is 0 Å². The van der Waals surface area contributed by atoms with Crippen molar-refractivity contribution in [2.45, 2.75) is 38.8 Å². The zero-order valence-corrected chi connectivity index (χ0v) is 20.0. The van der Waals surface area contributed by atoms with Gasteiger partial charge in [-0.1, -0.05) is 60.7 Å². The van der Waals surface area contributed by atoms with Crippen LogP contribution in [0.5, 0.6) is 5.75 Å². The molecule has 1 aliphatic heterocycles. The quantitative estimate of drug-likeness (QED) is 0.529. The predicted molar refractivity (Wildman–Crippen MR) is 134 cm³/mol. The second kappa shape index (κ2) is 11.6. The van der Waals surface area contributed by atoms with Crippen molar-refractivity contribution >= 4 is 12.0 Å². The van der Waals surface area contributed by atoms with Crippen LogP contribution in [0.2, 0.25) is 0 Å². The van der Waals surface area contributed by atoms with E-state index in [4.69, 9.17) is 4.74 Å². The third kappa shape index (κ3) is 6.11. The highest BCUT2D eigenvalue weighted by atomic mass is 16.5. The third-order valence-corrected chi connectivity index (χ3v) is 6.20. The van der Waals surface area contributed by atoms with Crippen LogP contribution in [0.4, 0.5) is 0 Å². The maximum Gasteiger partial charge on any atom is 0.220 e. The maximum absolute atomic E-state index is 12.5. The Bertz CT molecular complexity index is 1110. The van der Waals surface area contributed by atoms with Crippen molar-refractivity contribution in [2.75, 3.05) is 26.7 Å². The standard InChI is InChI=1S/C27H33N5O2/c1-21(28-26(33)15-14-22-9-4-3-5-10-22)27-30-29-25-16-18-31(19-20-32(25)27)17-8-12-23-11-6-7-13-24(23)34-2/h3-13,21H,14-20H2,1-2H3,(H,28,33)/b12-8+/t21-/m1/s1. The van der Waals surface area contributed by atoms with E-state index in [1.165, 1.54) is 5.56 Å². The van der Waals surface area contributed by atoms with Gasteiger partial charge in [0.15, 0.2) is 5.82 Å². The molecule has 1 atom stereocenters. The number of fused-ring (bicyclic) bond motifs is 1. The number of nitrogens with zero attached hydrogens (tertiary/aromatic N) is 4. The number of carbonyl (C=O) groups excluding carboxylic acids is 1. The minimum atomic E-state index is -0.179. The number of para-hydroxylation sites is 1. The second-order valence-electron chi connectivity index (χ2n) is 8.60. The largest absolute Gasteiger partial charge is 0.496 e. The summed E-state index contributed by atoms with van der Waals surface area (Å²) in [5.74, 6) is 2.72. The monoisotopic (exact) mass is 459 g/mol. The van der Waals surface area contributed by atoms with E-state index in [0.29, 0.717) is 6.42 Å².